The van der Waals surface area contributed by atoms with Crippen molar-refractivity contribution >= 4 is 21.6 Å². The molecule has 2 aromatic carbocycles. The number of nitrogens with one attached hydrogen (secondary N) is 1. The predicted octanol–water partition coefficient (Wildman–Crippen LogP) is 4.62. The Hall–Kier alpha value is -2.78. The lowest BCUT2D eigenvalue weighted by Gasteiger charge is -2.26. The van der Waals surface area contributed by atoms with Crippen LogP contribution in [-0.2, 0) is 10.0 Å². The number of carbonyl (C=O) groups is 1. The minimum atomic E-state index is -3.63. The average Bonchev–Trinajstić information content (AvgIpc) is 2.83. The molecule has 9 heteroatoms. The largest absolute Gasteiger partial charge is 0.490 e. The Bertz CT molecular complexity index is 1080. The summed E-state index contributed by atoms with van der Waals surface area (Å²) >= 11 is 0. The molecule has 1 aliphatic heterocycles. The zero-order chi connectivity index (χ0) is 24.7. The van der Waals surface area contributed by atoms with Gasteiger partial charge in [-0.15, -0.1) is 0 Å². The van der Waals surface area contributed by atoms with Gasteiger partial charge in [-0.25, -0.2) is 8.42 Å². The Labute approximate surface area is 202 Å². The van der Waals surface area contributed by atoms with E-state index in [4.69, 9.17) is 14.2 Å². The molecule has 1 fully saturated rings. The van der Waals surface area contributed by atoms with Gasteiger partial charge in [-0.1, -0.05) is 12.5 Å². The van der Waals surface area contributed by atoms with Gasteiger partial charge in [-0.2, -0.15) is 4.31 Å². The van der Waals surface area contributed by atoms with Crippen LogP contribution < -0.4 is 19.5 Å². The first-order valence-corrected chi connectivity index (χ1v) is 13.2. The minimum absolute atomic E-state index is 0.212. The van der Waals surface area contributed by atoms with E-state index in [0.717, 1.165) is 19.3 Å². The molecule has 1 N–H and O–H groups in total. The highest BCUT2D eigenvalue weighted by molar-refractivity contribution is 7.89. The fraction of sp³-hybridized carbons (Fsp3) is 0.480. The molecule has 0 spiro atoms. The summed E-state index contributed by atoms with van der Waals surface area (Å²) in [7, 11) is -3.63. The van der Waals surface area contributed by atoms with Crippen molar-refractivity contribution in [1.82, 2.24) is 4.31 Å². The van der Waals surface area contributed by atoms with Gasteiger partial charge in [0.05, 0.1) is 24.7 Å². The third-order valence-electron chi connectivity index (χ3n) is 5.55. The molecule has 1 amide bonds. The first-order chi connectivity index (χ1) is 16.3. The van der Waals surface area contributed by atoms with Gasteiger partial charge >= 0.3 is 0 Å². The van der Waals surface area contributed by atoms with Gasteiger partial charge < -0.3 is 19.5 Å². The first kappa shape index (κ1) is 25.8. The molecule has 34 heavy (non-hydrogen) atoms. The lowest BCUT2D eigenvalue weighted by molar-refractivity contribution is 0.102. The topological polar surface area (TPSA) is 94.2 Å². The summed E-state index contributed by atoms with van der Waals surface area (Å²) in [5.41, 5.74) is 1.36. The van der Waals surface area contributed by atoms with E-state index in [1.165, 1.54) is 10.4 Å². The maximum absolute atomic E-state index is 13.2. The van der Waals surface area contributed by atoms with Crippen LogP contribution in [0.4, 0.5) is 5.69 Å². The van der Waals surface area contributed by atoms with Crippen molar-refractivity contribution in [2.75, 3.05) is 38.2 Å². The molecule has 2 aromatic rings. The molecule has 0 bridgehead atoms. The Morgan fingerprint density at radius 3 is 2.06 bits per heavy atom. The van der Waals surface area contributed by atoms with Crippen molar-refractivity contribution in [2.45, 2.75) is 51.9 Å². The average molecular weight is 491 g/mol. The molecule has 8 nitrogen and oxygen atoms in total. The first-order valence-electron chi connectivity index (χ1n) is 11.8. The van der Waals surface area contributed by atoms with Crippen LogP contribution in [0, 0.1) is 6.92 Å². The second-order valence-electron chi connectivity index (χ2n) is 8.00. The highest BCUT2D eigenvalue weighted by atomic mass is 32.2. The van der Waals surface area contributed by atoms with Gasteiger partial charge in [0.1, 0.15) is 0 Å². The van der Waals surface area contributed by atoms with Gasteiger partial charge in [0.15, 0.2) is 11.5 Å². The van der Waals surface area contributed by atoms with Crippen LogP contribution >= 0.6 is 0 Å². The van der Waals surface area contributed by atoms with Gasteiger partial charge in [0.25, 0.3) is 5.91 Å². The summed E-state index contributed by atoms with van der Waals surface area (Å²) in [4.78, 5) is 13.3. The molecule has 3 rings (SSSR count). The highest BCUT2D eigenvalue weighted by Gasteiger charge is 2.28. The number of aryl methyl sites for hydroxylation is 1. The van der Waals surface area contributed by atoms with E-state index in [2.05, 4.69) is 5.32 Å². The predicted molar refractivity (Wildman–Crippen MR) is 132 cm³/mol. The van der Waals surface area contributed by atoms with Crippen LogP contribution in [0.1, 0.15) is 56.0 Å². The summed E-state index contributed by atoms with van der Waals surface area (Å²) in [5.74, 6) is 0.874. The minimum Gasteiger partial charge on any atom is -0.490 e. The van der Waals surface area contributed by atoms with E-state index < -0.39 is 15.9 Å². The van der Waals surface area contributed by atoms with Crippen LogP contribution in [0.2, 0.25) is 0 Å². The van der Waals surface area contributed by atoms with Crippen LogP contribution in [0.15, 0.2) is 35.2 Å². The molecule has 1 heterocycles. The number of hydrogen-bond acceptors (Lipinski definition) is 6. The van der Waals surface area contributed by atoms with Crippen molar-refractivity contribution < 1.29 is 27.4 Å². The SMILES string of the molecule is CCOc1cc(C(=O)Nc2ccc(C)c(S(=O)(=O)N3CCCCC3)c2)cc(OCC)c1OCC. The number of amides is 1. The molecule has 1 aliphatic rings. The molecule has 186 valence electrons. The molecule has 0 saturated carbocycles. The van der Waals surface area contributed by atoms with Crippen LogP contribution in [0.3, 0.4) is 0 Å². The lowest BCUT2D eigenvalue weighted by Crippen LogP contribution is -2.36. The molecule has 0 aromatic heterocycles. The summed E-state index contributed by atoms with van der Waals surface area (Å²) in [6.45, 7) is 9.56. The Morgan fingerprint density at radius 2 is 1.50 bits per heavy atom. The van der Waals surface area contributed by atoms with Crippen molar-refractivity contribution in [3.05, 3.63) is 41.5 Å². The Balaban J connectivity index is 1.91. The van der Waals surface area contributed by atoms with E-state index >= 15 is 0 Å². The monoisotopic (exact) mass is 490 g/mol. The van der Waals surface area contributed by atoms with Gasteiger partial charge in [-0.3, -0.25) is 4.79 Å². The van der Waals surface area contributed by atoms with E-state index in [9.17, 15) is 13.2 Å². The zero-order valence-electron chi connectivity index (χ0n) is 20.3. The number of benzene rings is 2. The maximum atomic E-state index is 13.2. The number of ether oxygens (including phenoxy) is 3. The van der Waals surface area contributed by atoms with Crippen molar-refractivity contribution in [3.8, 4) is 17.2 Å². The number of anilines is 1. The van der Waals surface area contributed by atoms with Gasteiger partial charge in [0.2, 0.25) is 15.8 Å². The molecular weight excluding hydrogens is 456 g/mol. The molecule has 0 unspecified atom stereocenters. The van der Waals surface area contributed by atoms with Crippen molar-refractivity contribution in [1.29, 1.82) is 0 Å². The Morgan fingerprint density at radius 1 is 0.912 bits per heavy atom. The summed E-state index contributed by atoms with van der Waals surface area (Å²) in [6.07, 6.45) is 2.75. The number of nitrogens with zero attached hydrogens (tertiary/aromatic N) is 1. The Kier molecular flexibility index (Phi) is 8.79. The second-order valence-corrected chi connectivity index (χ2v) is 9.91. The van der Waals surface area contributed by atoms with E-state index in [0.29, 0.717) is 67.0 Å². The van der Waals surface area contributed by atoms with Gasteiger partial charge in [-0.05, 0) is 70.4 Å². The van der Waals surface area contributed by atoms with Crippen molar-refractivity contribution in [2.24, 2.45) is 0 Å². The lowest BCUT2D eigenvalue weighted by atomic mass is 10.1. The molecule has 1 saturated heterocycles. The zero-order valence-corrected chi connectivity index (χ0v) is 21.2. The highest BCUT2D eigenvalue weighted by Crippen LogP contribution is 2.39. The molecule has 0 radical (unpaired) electrons. The quantitative estimate of drug-likeness (QED) is 0.522. The normalized spacial score (nSPS) is 14.5. The smallest absolute Gasteiger partial charge is 0.255 e. The standard InChI is InChI=1S/C25H34N2O6S/c1-5-31-21-15-19(16-22(32-6-2)24(21)33-7-3)25(28)26-20-12-11-18(4)23(17-20)34(29,30)27-13-9-8-10-14-27/h11-12,15-17H,5-10,13-14H2,1-4H3,(H,26,28). The molecular formula is C25H34N2O6S. The summed E-state index contributed by atoms with van der Waals surface area (Å²) in [6, 6.07) is 8.14. The third-order valence-corrected chi connectivity index (χ3v) is 7.59. The van der Waals surface area contributed by atoms with E-state index in [1.807, 2.05) is 20.8 Å². The summed E-state index contributed by atoms with van der Waals surface area (Å²) < 4.78 is 45.0. The van der Waals surface area contributed by atoms with Crippen LogP contribution in [-0.4, -0.2) is 51.5 Å². The molecule has 0 aliphatic carbocycles. The summed E-state index contributed by atoms with van der Waals surface area (Å²) in [5, 5.41) is 2.82. The van der Waals surface area contributed by atoms with Crippen LogP contribution in [0.25, 0.3) is 0 Å². The van der Waals surface area contributed by atoms with E-state index in [1.54, 1.807) is 31.2 Å². The maximum Gasteiger partial charge on any atom is 0.255 e. The van der Waals surface area contributed by atoms with Crippen molar-refractivity contribution in [3.63, 3.8) is 0 Å². The van der Waals surface area contributed by atoms with Gasteiger partial charge in [0, 0.05) is 24.3 Å². The number of hydrogen-bond donors (Lipinski definition) is 1. The third kappa shape index (κ3) is 5.82. The number of rotatable bonds is 10. The number of carbonyl (C=O) groups excluding carboxylic acids is 1. The number of sulfonamides is 1. The fourth-order valence-electron chi connectivity index (χ4n) is 3.92. The van der Waals surface area contributed by atoms with Crippen LogP contribution in [0.5, 0.6) is 17.2 Å². The van der Waals surface area contributed by atoms with E-state index in [-0.39, 0.29) is 4.90 Å². The molecule has 0 atom stereocenters. The second kappa shape index (κ2) is 11.6. The fourth-order valence-corrected chi connectivity index (χ4v) is 5.69. The number of piperidine rings is 1.